The van der Waals surface area contributed by atoms with E-state index in [2.05, 4.69) is 0 Å². The summed E-state index contributed by atoms with van der Waals surface area (Å²) in [4.78, 5) is 0. The molecule has 0 amide bonds. The predicted molar refractivity (Wildman–Crippen MR) is 75.2 cm³/mol. The molecule has 0 bridgehead atoms. The quantitative estimate of drug-likeness (QED) is 0.920. The van der Waals surface area contributed by atoms with E-state index < -0.39 is 6.10 Å². The molecule has 1 heterocycles. The molecule has 20 heavy (non-hydrogen) atoms. The number of aliphatic hydroxyl groups is 1. The molecule has 1 aliphatic heterocycles. The highest BCUT2D eigenvalue weighted by Gasteiger charge is 2.18. The smallest absolute Gasteiger partial charge is 0.161 e. The molecule has 1 aromatic carbocycles. The number of benzene rings is 1. The minimum absolute atomic E-state index is 0.315. The van der Waals surface area contributed by atoms with Gasteiger partial charge in [-0.05, 0) is 30.5 Å². The first kappa shape index (κ1) is 13.7. The summed E-state index contributed by atoms with van der Waals surface area (Å²) in [6.07, 6.45) is 5.74. The van der Waals surface area contributed by atoms with E-state index >= 15 is 0 Å². The molecule has 1 aromatic rings. The van der Waals surface area contributed by atoms with Crippen molar-refractivity contribution in [3.05, 3.63) is 23.8 Å². The van der Waals surface area contributed by atoms with Crippen molar-refractivity contribution in [3.8, 4) is 11.5 Å². The van der Waals surface area contributed by atoms with Crippen LogP contribution in [0.15, 0.2) is 18.2 Å². The van der Waals surface area contributed by atoms with Crippen molar-refractivity contribution in [3.63, 3.8) is 0 Å². The van der Waals surface area contributed by atoms with Gasteiger partial charge in [-0.2, -0.15) is 0 Å². The Morgan fingerprint density at radius 1 is 1.10 bits per heavy atom. The maximum absolute atomic E-state index is 10.2. The Morgan fingerprint density at radius 3 is 2.65 bits per heavy atom. The third kappa shape index (κ3) is 3.25. The highest BCUT2D eigenvalue weighted by Crippen LogP contribution is 2.33. The Hall–Kier alpha value is -1.26. The number of hydrogen-bond donors (Lipinski definition) is 1. The third-order valence-electron chi connectivity index (χ3n) is 3.99. The zero-order valence-electron chi connectivity index (χ0n) is 11.7. The molecule has 110 valence electrons. The second kappa shape index (κ2) is 6.46. The van der Waals surface area contributed by atoms with Gasteiger partial charge in [-0.3, -0.25) is 0 Å². The maximum atomic E-state index is 10.2. The molecule has 2 aliphatic rings. The lowest BCUT2D eigenvalue weighted by Crippen LogP contribution is -2.20. The fourth-order valence-corrected chi connectivity index (χ4v) is 2.82. The molecule has 0 saturated heterocycles. The Bertz CT molecular complexity index is 440. The molecule has 0 radical (unpaired) electrons. The lowest BCUT2D eigenvalue weighted by molar-refractivity contribution is -0.0246. The summed E-state index contributed by atoms with van der Waals surface area (Å²) in [7, 11) is 0. The van der Waals surface area contributed by atoms with Crippen LogP contribution in [0.25, 0.3) is 0 Å². The van der Waals surface area contributed by atoms with E-state index in [-0.39, 0.29) is 0 Å². The monoisotopic (exact) mass is 278 g/mol. The van der Waals surface area contributed by atoms with Crippen molar-refractivity contribution < 1.29 is 19.3 Å². The van der Waals surface area contributed by atoms with Gasteiger partial charge in [0.25, 0.3) is 0 Å². The maximum Gasteiger partial charge on any atom is 0.161 e. The van der Waals surface area contributed by atoms with Gasteiger partial charge in [-0.15, -0.1) is 0 Å². The van der Waals surface area contributed by atoms with Crippen molar-refractivity contribution in [1.82, 2.24) is 0 Å². The van der Waals surface area contributed by atoms with E-state index in [0.717, 1.165) is 24.2 Å². The van der Waals surface area contributed by atoms with Gasteiger partial charge in [-0.25, -0.2) is 0 Å². The van der Waals surface area contributed by atoms with Crippen LogP contribution in [0.5, 0.6) is 11.5 Å². The minimum atomic E-state index is -0.604. The molecule has 3 rings (SSSR count). The number of ether oxygens (including phenoxy) is 3. The average molecular weight is 278 g/mol. The molecular weight excluding hydrogens is 256 g/mol. The third-order valence-corrected chi connectivity index (χ3v) is 3.99. The standard InChI is InChI=1S/C16H22O4/c17-14(11-20-13-4-2-1-3-5-13)12-6-7-15-16(10-12)19-9-8-18-15/h6-7,10,13-14,17H,1-5,8-9,11H2. The Morgan fingerprint density at radius 2 is 1.85 bits per heavy atom. The Kier molecular flexibility index (Phi) is 4.43. The van der Waals surface area contributed by atoms with Crippen LogP contribution in [-0.4, -0.2) is 31.0 Å². The van der Waals surface area contributed by atoms with E-state index in [9.17, 15) is 5.11 Å². The van der Waals surface area contributed by atoms with Crippen LogP contribution in [0.4, 0.5) is 0 Å². The lowest BCUT2D eigenvalue weighted by Gasteiger charge is -2.24. The molecule has 0 aromatic heterocycles. The van der Waals surface area contributed by atoms with Gasteiger partial charge in [0.2, 0.25) is 0 Å². The molecule has 1 N–H and O–H groups in total. The van der Waals surface area contributed by atoms with Gasteiger partial charge in [0.15, 0.2) is 11.5 Å². The fourth-order valence-electron chi connectivity index (χ4n) is 2.82. The van der Waals surface area contributed by atoms with E-state index in [1.807, 2.05) is 18.2 Å². The molecule has 1 saturated carbocycles. The molecule has 1 unspecified atom stereocenters. The Balaban J connectivity index is 1.57. The molecule has 0 spiro atoms. The van der Waals surface area contributed by atoms with Crippen LogP contribution in [0, 0.1) is 0 Å². The number of rotatable bonds is 4. The highest BCUT2D eigenvalue weighted by molar-refractivity contribution is 5.44. The van der Waals surface area contributed by atoms with E-state index in [0.29, 0.717) is 31.7 Å². The molecule has 4 heteroatoms. The van der Waals surface area contributed by atoms with Gasteiger partial charge in [-0.1, -0.05) is 25.3 Å². The zero-order chi connectivity index (χ0) is 13.8. The summed E-state index contributed by atoms with van der Waals surface area (Å²) in [5.41, 5.74) is 0.824. The Labute approximate surface area is 119 Å². The summed E-state index contributed by atoms with van der Waals surface area (Å²) in [6, 6.07) is 5.58. The normalized spacial score (nSPS) is 20.6. The summed E-state index contributed by atoms with van der Waals surface area (Å²) >= 11 is 0. The van der Waals surface area contributed by atoms with Gasteiger partial charge in [0.05, 0.1) is 12.7 Å². The van der Waals surface area contributed by atoms with Crippen LogP contribution < -0.4 is 9.47 Å². The lowest BCUT2D eigenvalue weighted by atomic mass is 9.98. The van der Waals surface area contributed by atoms with Gasteiger partial charge in [0, 0.05) is 0 Å². The van der Waals surface area contributed by atoms with Crippen LogP contribution in [-0.2, 0) is 4.74 Å². The summed E-state index contributed by atoms with van der Waals surface area (Å²) in [5, 5.41) is 10.2. The molecule has 1 atom stereocenters. The van der Waals surface area contributed by atoms with Gasteiger partial charge in [0.1, 0.15) is 19.3 Å². The van der Waals surface area contributed by atoms with Gasteiger partial charge < -0.3 is 19.3 Å². The van der Waals surface area contributed by atoms with Crippen molar-refractivity contribution in [2.75, 3.05) is 19.8 Å². The van der Waals surface area contributed by atoms with E-state index in [1.54, 1.807) is 0 Å². The van der Waals surface area contributed by atoms with Crippen molar-refractivity contribution in [2.24, 2.45) is 0 Å². The first-order chi connectivity index (χ1) is 9.83. The fraction of sp³-hybridized carbons (Fsp3) is 0.625. The van der Waals surface area contributed by atoms with Crippen LogP contribution in [0.3, 0.4) is 0 Å². The number of hydrogen-bond acceptors (Lipinski definition) is 4. The van der Waals surface area contributed by atoms with E-state index in [4.69, 9.17) is 14.2 Å². The van der Waals surface area contributed by atoms with Crippen LogP contribution >= 0.6 is 0 Å². The predicted octanol–water partition coefficient (Wildman–Crippen LogP) is 2.84. The largest absolute Gasteiger partial charge is 0.486 e. The average Bonchev–Trinajstić information content (AvgIpc) is 2.53. The SMILES string of the molecule is OC(COC1CCCCC1)c1ccc2c(c1)OCCO2. The van der Waals surface area contributed by atoms with Crippen LogP contribution in [0.2, 0.25) is 0 Å². The molecular formula is C16H22O4. The van der Waals surface area contributed by atoms with Crippen LogP contribution in [0.1, 0.15) is 43.8 Å². The first-order valence-electron chi connectivity index (χ1n) is 7.52. The number of fused-ring (bicyclic) bond motifs is 1. The van der Waals surface area contributed by atoms with Gasteiger partial charge >= 0.3 is 0 Å². The molecule has 1 fully saturated rings. The van der Waals surface area contributed by atoms with Crippen molar-refractivity contribution >= 4 is 0 Å². The van der Waals surface area contributed by atoms with E-state index in [1.165, 1.54) is 19.3 Å². The zero-order valence-corrected chi connectivity index (χ0v) is 11.7. The second-order valence-electron chi connectivity index (χ2n) is 5.51. The molecule has 1 aliphatic carbocycles. The number of aliphatic hydroxyl groups excluding tert-OH is 1. The van der Waals surface area contributed by atoms with Crippen molar-refractivity contribution in [2.45, 2.75) is 44.3 Å². The summed E-state index contributed by atoms with van der Waals surface area (Å²) in [6.45, 7) is 1.50. The summed E-state index contributed by atoms with van der Waals surface area (Å²) in [5.74, 6) is 1.46. The second-order valence-corrected chi connectivity index (χ2v) is 5.51. The summed E-state index contributed by atoms with van der Waals surface area (Å²) < 4.78 is 16.8. The highest BCUT2D eigenvalue weighted by atomic mass is 16.6. The van der Waals surface area contributed by atoms with Crippen molar-refractivity contribution in [1.29, 1.82) is 0 Å². The topological polar surface area (TPSA) is 47.9 Å². The minimum Gasteiger partial charge on any atom is -0.486 e. The first-order valence-corrected chi connectivity index (χ1v) is 7.52. The molecule has 4 nitrogen and oxygen atoms in total.